The average Bonchev–Trinajstić information content (AvgIpc) is 2.80. The van der Waals surface area contributed by atoms with Gasteiger partial charge in [-0.1, -0.05) is 6.42 Å². The maximum Gasteiger partial charge on any atom is 0.168 e. The molecule has 0 aromatic carbocycles. The van der Waals surface area contributed by atoms with Crippen molar-refractivity contribution in [3.8, 4) is 0 Å². The van der Waals surface area contributed by atoms with Crippen molar-refractivity contribution in [3.05, 3.63) is 0 Å². The van der Waals surface area contributed by atoms with Crippen molar-refractivity contribution in [2.24, 2.45) is 0 Å². The van der Waals surface area contributed by atoms with Crippen molar-refractivity contribution in [1.29, 1.82) is 0 Å². The van der Waals surface area contributed by atoms with Crippen LogP contribution in [-0.2, 0) is 4.74 Å². The van der Waals surface area contributed by atoms with E-state index in [-0.39, 0.29) is 6.35 Å². The first-order valence-electron chi connectivity index (χ1n) is 6.51. The van der Waals surface area contributed by atoms with Crippen LogP contribution in [0.1, 0.15) is 39.0 Å². The first-order chi connectivity index (χ1) is 7.42. The van der Waals surface area contributed by atoms with Gasteiger partial charge < -0.3 is 4.74 Å². The lowest BCUT2D eigenvalue weighted by Crippen LogP contribution is -2.50. The normalized spacial score (nSPS) is 27.0. The zero-order chi connectivity index (χ0) is 10.5. The molecule has 3 nitrogen and oxygen atoms in total. The van der Waals surface area contributed by atoms with Crippen LogP contribution >= 0.6 is 0 Å². The van der Waals surface area contributed by atoms with E-state index in [1.54, 1.807) is 0 Å². The molecule has 0 spiro atoms. The van der Waals surface area contributed by atoms with E-state index in [9.17, 15) is 0 Å². The predicted octanol–water partition coefficient (Wildman–Crippen LogP) is 1.89. The van der Waals surface area contributed by atoms with Crippen LogP contribution in [-0.4, -0.2) is 48.9 Å². The molecule has 2 heterocycles. The van der Waals surface area contributed by atoms with Crippen LogP contribution in [0.5, 0.6) is 0 Å². The molecule has 0 aliphatic carbocycles. The highest BCUT2D eigenvalue weighted by Crippen LogP contribution is 2.19. The Balaban J connectivity index is 1.90. The summed E-state index contributed by atoms with van der Waals surface area (Å²) in [5, 5.41) is 0. The van der Waals surface area contributed by atoms with Crippen LogP contribution < -0.4 is 0 Å². The summed E-state index contributed by atoms with van der Waals surface area (Å²) in [5.74, 6) is 0. The third-order valence-electron chi connectivity index (χ3n) is 3.47. The standard InChI is InChI=1S/C12H24N2O/c1-2-15-12(14-10-6-7-11-14)13-8-4-3-5-9-13/h12H,2-11H2,1H3. The SMILES string of the molecule is CCOC(N1CCCCC1)N1CCCC1. The second kappa shape index (κ2) is 5.83. The van der Waals surface area contributed by atoms with Gasteiger partial charge in [0.25, 0.3) is 0 Å². The highest BCUT2D eigenvalue weighted by molar-refractivity contribution is 4.74. The van der Waals surface area contributed by atoms with Crippen LogP contribution in [0.25, 0.3) is 0 Å². The van der Waals surface area contributed by atoms with Gasteiger partial charge in [0.2, 0.25) is 0 Å². The molecular weight excluding hydrogens is 188 g/mol. The van der Waals surface area contributed by atoms with E-state index in [1.807, 2.05) is 0 Å². The topological polar surface area (TPSA) is 15.7 Å². The molecule has 0 amide bonds. The molecule has 0 radical (unpaired) electrons. The van der Waals surface area contributed by atoms with Gasteiger partial charge in [0.05, 0.1) is 0 Å². The number of hydrogen-bond donors (Lipinski definition) is 0. The number of ether oxygens (including phenoxy) is 1. The van der Waals surface area contributed by atoms with Crippen LogP contribution in [0.3, 0.4) is 0 Å². The van der Waals surface area contributed by atoms with Crippen molar-refractivity contribution < 1.29 is 4.74 Å². The molecule has 15 heavy (non-hydrogen) atoms. The van der Waals surface area contributed by atoms with E-state index < -0.39 is 0 Å². The molecule has 2 fully saturated rings. The second-order valence-corrected chi connectivity index (χ2v) is 4.62. The second-order valence-electron chi connectivity index (χ2n) is 4.62. The Hall–Kier alpha value is -0.120. The number of piperidine rings is 1. The van der Waals surface area contributed by atoms with Crippen LogP contribution in [0.4, 0.5) is 0 Å². The number of rotatable bonds is 4. The molecule has 0 aromatic heterocycles. The Morgan fingerprint density at radius 3 is 1.80 bits per heavy atom. The summed E-state index contributed by atoms with van der Waals surface area (Å²) in [5.41, 5.74) is 0. The summed E-state index contributed by atoms with van der Waals surface area (Å²) >= 11 is 0. The van der Waals surface area contributed by atoms with Crippen molar-refractivity contribution in [3.63, 3.8) is 0 Å². The molecule has 1 atom stereocenters. The van der Waals surface area contributed by atoms with Crippen molar-refractivity contribution in [2.75, 3.05) is 32.8 Å². The highest BCUT2D eigenvalue weighted by Gasteiger charge is 2.28. The van der Waals surface area contributed by atoms with Crippen molar-refractivity contribution in [1.82, 2.24) is 9.80 Å². The minimum Gasteiger partial charge on any atom is -0.350 e. The van der Waals surface area contributed by atoms with E-state index in [1.165, 1.54) is 58.3 Å². The molecule has 88 valence electrons. The molecule has 1 unspecified atom stereocenters. The molecule has 2 saturated heterocycles. The lowest BCUT2D eigenvalue weighted by atomic mass is 10.1. The van der Waals surface area contributed by atoms with E-state index in [4.69, 9.17) is 4.74 Å². The fourth-order valence-electron chi connectivity index (χ4n) is 2.69. The molecule has 0 aromatic rings. The first kappa shape index (κ1) is 11.4. The lowest BCUT2D eigenvalue weighted by Gasteiger charge is -2.39. The van der Waals surface area contributed by atoms with Gasteiger partial charge in [0, 0.05) is 32.8 Å². The van der Waals surface area contributed by atoms with Gasteiger partial charge in [-0.3, -0.25) is 9.80 Å². The summed E-state index contributed by atoms with van der Waals surface area (Å²) in [4.78, 5) is 5.03. The minimum absolute atomic E-state index is 0.276. The Bertz CT molecular complexity index is 174. The third-order valence-corrected chi connectivity index (χ3v) is 3.47. The Morgan fingerprint density at radius 1 is 0.867 bits per heavy atom. The molecule has 2 aliphatic rings. The number of nitrogens with zero attached hydrogens (tertiary/aromatic N) is 2. The summed E-state index contributed by atoms with van der Waals surface area (Å²) in [6.45, 7) is 7.83. The van der Waals surface area contributed by atoms with E-state index in [0.717, 1.165) is 6.61 Å². The first-order valence-corrected chi connectivity index (χ1v) is 6.51. The summed E-state index contributed by atoms with van der Waals surface area (Å²) in [6.07, 6.45) is 7.05. The zero-order valence-corrected chi connectivity index (χ0v) is 9.95. The fourth-order valence-corrected chi connectivity index (χ4v) is 2.69. The summed E-state index contributed by atoms with van der Waals surface area (Å²) in [6, 6.07) is 0. The number of hydrogen-bond acceptors (Lipinski definition) is 3. The quantitative estimate of drug-likeness (QED) is 0.708. The Labute approximate surface area is 93.4 Å². The van der Waals surface area contributed by atoms with Crippen LogP contribution in [0.2, 0.25) is 0 Å². The van der Waals surface area contributed by atoms with E-state index in [2.05, 4.69) is 16.7 Å². The van der Waals surface area contributed by atoms with Gasteiger partial charge in [-0.05, 0) is 32.6 Å². The predicted molar refractivity (Wildman–Crippen MR) is 61.6 cm³/mol. The van der Waals surface area contributed by atoms with Gasteiger partial charge in [-0.25, -0.2) is 0 Å². The van der Waals surface area contributed by atoms with Crippen LogP contribution in [0.15, 0.2) is 0 Å². The van der Waals surface area contributed by atoms with Gasteiger partial charge in [0.1, 0.15) is 0 Å². The molecule has 0 N–H and O–H groups in total. The van der Waals surface area contributed by atoms with Crippen LogP contribution in [0, 0.1) is 0 Å². The third kappa shape index (κ3) is 2.92. The van der Waals surface area contributed by atoms with Crippen molar-refractivity contribution in [2.45, 2.75) is 45.4 Å². The average molecular weight is 212 g/mol. The van der Waals surface area contributed by atoms with Gasteiger partial charge >= 0.3 is 0 Å². The van der Waals surface area contributed by atoms with E-state index >= 15 is 0 Å². The largest absolute Gasteiger partial charge is 0.350 e. The highest BCUT2D eigenvalue weighted by atomic mass is 16.5. The van der Waals surface area contributed by atoms with Gasteiger partial charge in [0.15, 0.2) is 6.35 Å². The zero-order valence-electron chi connectivity index (χ0n) is 9.95. The molecular formula is C12H24N2O. The molecule has 0 saturated carbocycles. The molecule has 3 heteroatoms. The maximum atomic E-state index is 5.92. The number of likely N-dealkylation sites (tertiary alicyclic amines) is 2. The minimum atomic E-state index is 0.276. The van der Waals surface area contributed by atoms with Gasteiger partial charge in [-0.2, -0.15) is 0 Å². The smallest absolute Gasteiger partial charge is 0.168 e. The lowest BCUT2D eigenvalue weighted by molar-refractivity contribution is -0.148. The van der Waals surface area contributed by atoms with Crippen molar-refractivity contribution >= 4 is 0 Å². The summed E-state index contributed by atoms with van der Waals surface area (Å²) < 4.78 is 5.92. The van der Waals surface area contributed by atoms with E-state index in [0.29, 0.717) is 0 Å². The fraction of sp³-hybridized carbons (Fsp3) is 1.00. The monoisotopic (exact) mass is 212 g/mol. The Kier molecular flexibility index (Phi) is 4.42. The molecule has 2 rings (SSSR count). The van der Waals surface area contributed by atoms with Gasteiger partial charge in [-0.15, -0.1) is 0 Å². The molecule has 2 aliphatic heterocycles. The Morgan fingerprint density at radius 2 is 1.33 bits per heavy atom. The summed E-state index contributed by atoms with van der Waals surface area (Å²) in [7, 11) is 0. The maximum absolute atomic E-state index is 5.92. The molecule has 0 bridgehead atoms.